The third-order valence-corrected chi connectivity index (χ3v) is 5.88. The average molecular weight is 561 g/mol. The van der Waals surface area contributed by atoms with Gasteiger partial charge in [0.25, 0.3) is 1.43 Å². The van der Waals surface area contributed by atoms with E-state index in [0.717, 1.165) is 26.8 Å². The van der Waals surface area contributed by atoms with Gasteiger partial charge in [0, 0.05) is 5.00 Å². The fraction of sp³-hybridized carbons (Fsp3) is 0.143. The second-order valence-corrected chi connectivity index (χ2v) is 11.9. The second kappa shape index (κ2) is 10.3. The summed E-state index contributed by atoms with van der Waals surface area (Å²) < 4.78 is 13.4. The van der Waals surface area contributed by atoms with Crippen molar-refractivity contribution in [3.8, 4) is 11.5 Å². The number of halogens is 2. The van der Waals surface area contributed by atoms with E-state index in [1.165, 1.54) is 5.56 Å². The SMILES string of the molecule is S=PI.[3H]Oc1ccc([C@H]2Oc3c(Cl)cc(C)cc3S[C@H]2c2ccccc2)cc1. The monoisotopic (exact) mass is 560 g/mol. The number of aromatic hydroxyl groups is 1. The highest BCUT2D eigenvalue weighted by Gasteiger charge is 2.34. The average Bonchev–Trinajstić information content (AvgIpc) is 2.74. The van der Waals surface area contributed by atoms with Crippen molar-refractivity contribution in [2.45, 2.75) is 23.2 Å². The van der Waals surface area contributed by atoms with Crippen molar-refractivity contribution in [1.29, 1.82) is 1.43 Å². The molecule has 0 fully saturated rings. The Morgan fingerprint density at radius 1 is 1.14 bits per heavy atom. The van der Waals surface area contributed by atoms with E-state index in [2.05, 4.69) is 57.2 Å². The highest BCUT2D eigenvalue weighted by atomic mass is 127. The minimum atomic E-state index is -0.185. The molecule has 1 heterocycles. The van der Waals surface area contributed by atoms with E-state index in [9.17, 15) is 0 Å². The largest absolute Gasteiger partial charge is 0.508 e. The quantitative estimate of drug-likeness (QED) is 0.259. The zero-order valence-corrected chi connectivity index (χ0v) is 20.3. The van der Waals surface area contributed by atoms with Crippen LogP contribution in [-0.2, 0) is 11.8 Å². The van der Waals surface area contributed by atoms with Crippen LogP contribution >= 0.6 is 50.4 Å². The van der Waals surface area contributed by atoms with Gasteiger partial charge < -0.3 is 9.85 Å². The van der Waals surface area contributed by atoms with E-state index in [0.29, 0.717) is 10.8 Å². The van der Waals surface area contributed by atoms with Gasteiger partial charge in [0.05, 0.1) is 15.2 Å². The highest BCUT2D eigenvalue weighted by Crippen LogP contribution is 2.55. The topological polar surface area (TPSA) is 29.5 Å². The fourth-order valence-electron chi connectivity index (χ4n) is 3.07. The molecular formula is C21H17ClIO2PS2. The molecule has 7 heteroatoms. The number of phenols is 1. The lowest BCUT2D eigenvalue weighted by Crippen LogP contribution is -2.19. The summed E-state index contributed by atoms with van der Waals surface area (Å²) in [4.78, 5) is 2.03. The summed E-state index contributed by atoms with van der Waals surface area (Å²) in [5.74, 6) is 1.24. The van der Waals surface area contributed by atoms with E-state index in [-0.39, 0.29) is 11.4 Å². The van der Waals surface area contributed by atoms with Gasteiger partial charge in [0.15, 0.2) is 5.75 Å². The van der Waals surface area contributed by atoms with Gasteiger partial charge in [-0.1, -0.05) is 54.1 Å². The van der Waals surface area contributed by atoms with Crippen LogP contribution < -0.4 is 4.74 Å². The Labute approximate surface area is 195 Å². The van der Waals surface area contributed by atoms with Crippen molar-refractivity contribution in [2.24, 2.45) is 0 Å². The Morgan fingerprint density at radius 2 is 1.82 bits per heavy atom. The van der Waals surface area contributed by atoms with Crippen molar-refractivity contribution in [1.82, 2.24) is 0 Å². The number of thioether (sulfide) groups is 1. The van der Waals surface area contributed by atoms with E-state index >= 15 is 0 Å². The molecule has 0 saturated carbocycles. The van der Waals surface area contributed by atoms with Crippen molar-refractivity contribution < 1.29 is 9.85 Å². The first-order valence-corrected chi connectivity index (χ1v) is 14.4. The van der Waals surface area contributed by atoms with Gasteiger partial charge in [0.2, 0.25) is 0 Å². The first kappa shape index (κ1) is 20.4. The molecule has 2 atom stereocenters. The van der Waals surface area contributed by atoms with Crippen LogP contribution in [0.25, 0.3) is 0 Å². The molecule has 3 aromatic carbocycles. The minimum absolute atomic E-state index is 0.101. The predicted octanol–water partition coefficient (Wildman–Crippen LogP) is 8.07. The molecule has 3 aromatic rings. The van der Waals surface area contributed by atoms with Gasteiger partial charge in [-0.15, -0.1) is 11.8 Å². The van der Waals surface area contributed by atoms with E-state index in [4.69, 9.17) is 17.8 Å². The molecule has 0 aliphatic carbocycles. The Balaban J connectivity index is 0.000000755. The Bertz CT molecular complexity index is 976. The van der Waals surface area contributed by atoms with Crippen molar-refractivity contribution in [2.75, 3.05) is 0 Å². The van der Waals surface area contributed by atoms with Crippen molar-refractivity contribution >= 4 is 62.2 Å². The first-order valence-electron chi connectivity index (χ1n) is 8.83. The summed E-state index contributed by atoms with van der Waals surface area (Å²) in [5, 5.41) is 5.28. The molecule has 0 radical (unpaired) electrons. The number of aryl methyl sites for hydroxylation is 1. The molecule has 144 valence electrons. The third-order valence-electron chi connectivity index (χ3n) is 4.26. The Kier molecular flexibility index (Phi) is 7.48. The minimum Gasteiger partial charge on any atom is -0.508 e. The van der Waals surface area contributed by atoms with E-state index in [1.807, 2.05) is 43.3 Å². The smallest absolute Gasteiger partial charge is 0.293 e. The van der Waals surface area contributed by atoms with Crippen LogP contribution in [0.2, 0.25) is 5.02 Å². The summed E-state index contributed by atoms with van der Waals surface area (Å²) in [6.45, 7) is 2.04. The van der Waals surface area contributed by atoms with Crippen LogP contribution in [0.3, 0.4) is 0 Å². The van der Waals surface area contributed by atoms with Crippen LogP contribution in [0.1, 0.15) is 28.0 Å². The summed E-state index contributed by atoms with van der Waals surface area (Å²) in [6.07, 6.45) is -0.185. The van der Waals surface area contributed by atoms with Gasteiger partial charge in [-0.25, -0.2) is 0 Å². The van der Waals surface area contributed by atoms with Gasteiger partial charge in [-0.2, -0.15) is 0 Å². The second-order valence-electron chi connectivity index (χ2n) is 6.20. The molecule has 4 rings (SSSR count). The zero-order chi connectivity index (χ0) is 20.8. The number of rotatable bonds is 3. The maximum absolute atomic E-state index is 7.02. The van der Waals surface area contributed by atoms with Crippen LogP contribution in [-0.4, -0.2) is 6.54 Å². The number of hydrogen-bond donors (Lipinski definition) is 1. The maximum atomic E-state index is 7.02. The number of benzene rings is 3. The summed E-state index contributed by atoms with van der Waals surface area (Å²) in [5.41, 5.74) is 3.34. The normalized spacial score (nSPS) is 18.2. The molecular weight excluding hydrogens is 542 g/mol. The maximum Gasteiger partial charge on any atom is 0.293 e. The lowest BCUT2D eigenvalue weighted by molar-refractivity contribution is 0.191. The van der Waals surface area contributed by atoms with Crippen LogP contribution in [0.4, 0.5) is 0 Å². The van der Waals surface area contributed by atoms with Gasteiger partial charge >= 0.3 is 0 Å². The van der Waals surface area contributed by atoms with Crippen molar-refractivity contribution in [3.63, 3.8) is 0 Å². The molecule has 0 spiro atoms. The van der Waals surface area contributed by atoms with Crippen molar-refractivity contribution in [3.05, 3.63) is 88.4 Å². The molecule has 1 aliphatic rings. The summed E-state index contributed by atoms with van der Waals surface area (Å²) in [7, 11) is 0. The summed E-state index contributed by atoms with van der Waals surface area (Å²) >= 11 is 14.7. The molecule has 0 amide bonds. The van der Waals surface area contributed by atoms with E-state index < -0.39 is 0 Å². The molecule has 0 unspecified atom stereocenters. The fourth-order valence-corrected chi connectivity index (χ4v) is 4.87. The van der Waals surface area contributed by atoms with Gasteiger partial charge in [0.1, 0.15) is 11.9 Å². The molecule has 1 aliphatic heterocycles. The zero-order valence-electron chi connectivity index (χ0n) is 15.8. The number of fused-ring (bicyclic) bond motifs is 1. The van der Waals surface area contributed by atoms with Gasteiger partial charge in [-0.05, 0) is 81.7 Å². The third kappa shape index (κ3) is 5.19. The summed E-state index contributed by atoms with van der Waals surface area (Å²) in [6, 6.07) is 21.8. The van der Waals surface area contributed by atoms with Crippen LogP contribution in [0.15, 0.2) is 71.6 Å². The molecule has 28 heavy (non-hydrogen) atoms. The van der Waals surface area contributed by atoms with Gasteiger partial charge in [-0.3, -0.25) is 0 Å². The molecule has 0 bridgehead atoms. The Hall–Kier alpha value is -0.850. The number of ether oxygens (including phenoxy) is 1. The molecule has 0 saturated heterocycles. The lowest BCUT2D eigenvalue weighted by Gasteiger charge is -2.34. The molecule has 2 nitrogen and oxygen atoms in total. The number of hydrogen-bond acceptors (Lipinski definition) is 4. The lowest BCUT2D eigenvalue weighted by atomic mass is 10.00. The molecule has 0 aromatic heterocycles. The highest BCUT2D eigenvalue weighted by molar-refractivity contribution is 14.2. The predicted molar refractivity (Wildman–Crippen MR) is 131 cm³/mol. The molecule has 1 N–H and O–H groups in total. The van der Waals surface area contributed by atoms with Crippen LogP contribution in [0.5, 0.6) is 11.5 Å². The standard InChI is InChI=1S/C21H17ClO2S.IPS/c1-13-11-17(22)20-18(12-13)25-21(15-5-3-2-4-6-15)19(24-20)14-7-9-16(23)10-8-14;1-2-3/h2-12,19,21,23H,1H3;/t19-,21+;/m1./s1/i/hT. The first-order chi connectivity index (χ1) is 14.1. The Morgan fingerprint density at radius 3 is 2.46 bits per heavy atom. The van der Waals surface area contributed by atoms with Crippen LogP contribution in [0, 0.1) is 6.92 Å². The number of phenolic OH excluding ortho intramolecular Hbond substituents is 1. The van der Waals surface area contributed by atoms with E-state index in [1.54, 1.807) is 23.9 Å².